The summed E-state index contributed by atoms with van der Waals surface area (Å²) < 4.78 is 17.9. The first-order chi connectivity index (χ1) is 10.3. The van der Waals surface area contributed by atoms with E-state index in [1.165, 1.54) is 0 Å². The normalized spacial score (nSPS) is 18.1. The van der Waals surface area contributed by atoms with Gasteiger partial charge >= 0.3 is 6.09 Å². The Bertz CT molecular complexity index is 563. The number of carbonyl (C=O) groups excluding carboxylic acids is 1. The zero-order valence-electron chi connectivity index (χ0n) is 13.5. The quantitative estimate of drug-likeness (QED) is 0.780. The van der Waals surface area contributed by atoms with Crippen molar-refractivity contribution in [2.24, 2.45) is 0 Å². The number of hydrogen-bond donors (Lipinski definition) is 0. The summed E-state index contributed by atoms with van der Waals surface area (Å²) in [5, 5.41) is 0.371. The minimum Gasteiger partial charge on any atom is -0.444 e. The molecule has 1 aromatic rings. The van der Waals surface area contributed by atoms with E-state index < -0.39 is 16.4 Å². The molecule has 7 heteroatoms. The zero-order valence-corrected chi connectivity index (χ0v) is 14.4. The van der Waals surface area contributed by atoms with Crippen molar-refractivity contribution in [2.75, 3.05) is 13.1 Å². The third kappa shape index (κ3) is 4.50. The molecule has 0 aromatic carbocycles. The number of nitrogens with zero attached hydrogens (tertiary/aromatic N) is 3. The molecule has 0 saturated carbocycles. The highest BCUT2D eigenvalue weighted by Gasteiger charge is 2.30. The van der Waals surface area contributed by atoms with Gasteiger partial charge in [0.05, 0.1) is 10.8 Å². The minimum atomic E-state index is -1.23. The monoisotopic (exact) mass is 325 g/mol. The number of hydrogen-bond acceptors (Lipinski definition) is 5. The number of aromatic nitrogens is 2. The molecule has 0 N–H and O–H groups in total. The Balaban J connectivity index is 1.92. The van der Waals surface area contributed by atoms with Crippen LogP contribution in [0.3, 0.4) is 0 Å². The largest absolute Gasteiger partial charge is 0.444 e. The van der Waals surface area contributed by atoms with Crippen molar-refractivity contribution in [1.82, 2.24) is 14.9 Å². The van der Waals surface area contributed by atoms with E-state index in [1.807, 2.05) is 27.7 Å². The van der Waals surface area contributed by atoms with Gasteiger partial charge in [-0.1, -0.05) is 0 Å². The van der Waals surface area contributed by atoms with Gasteiger partial charge in [0, 0.05) is 30.2 Å². The maximum absolute atomic E-state index is 12.5. The Hall–Kier alpha value is -1.50. The number of piperidine rings is 1. The lowest BCUT2D eigenvalue weighted by atomic mass is 10.1. The summed E-state index contributed by atoms with van der Waals surface area (Å²) in [6.45, 7) is 8.51. The molecule has 1 fully saturated rings. The van der Waals surface area contributed by atoms with Crippen LogP contribution in [0.4, 0.5) is 4.79 Å². The fraction of sp³-hybridized carbons (Fsp3) is 0.667. The van der Waals surface area contributed by atoms with Crippen LogP contribution in [0.1, 0.15) is 39.3 Å². The third-order valence-corrected chi connectivity index (χ3v) is 4.98. The molecule has 1 atom stereocenters. The van der Waals surface area contributed by atoms with Crippen LogP contribution >= 0.6 is 0 Å². The zero-order chi connectivity index (χ0) is 16.3. The number of carbonyl (C=O) groups is 1. The van der Waals surface area contributed by atoms with Crippen LogP contribution in [0.25, 0.3) is 0 Å². The minimum absolute atomic E-state index is 0.0134. The van der Waals surface area contributed by atoms with E-state index in [0.29, 0.717) is 31.1 Å². The van der Waals surface area contributed by atoms with Gasteiger partial charge in [0.25, 0.3) is 0 Å². The van der Waals surface area contributed by atoms with Gasteiger partial charge in [-0.05, 0) is 46.6 Å². The Morgan fingerprint density at radius 2 is 2.00 bits per heavy atom. The summed E-state index contributed by atoms with van der Waals surface area (Å²) >= 11 is 0. The van der Waals surface area contributed by atoms with E-state index >= 15 is 0 Å². The fourth-order valence-corrected chi connectivity index (χ4v) is 3.59. The topological polar surface area (TPSA) is 72.4 Å². The molecule has 1 unspecified atom stereocenters. The second-order valence-electron chi connectivity index (χ2n) is 6.44. The molecule has 1 aliphatic rings. The van der Waals surface area contributed by atoms with Crippen molar-refractivity contribution in [3.8, 4) is 0 Å². The number of rotatable bonds is 2. The van der Waals surface area contributed by atoms with E-state index in [9.17, 15) is 9.00 Å². The van der Waals surface area contributed by atoms with Crippen LogP contribution in [-0.2, 0) is 15.5 Å². The van der Waals surface area contributed by atoms with Crippen LogP contribution in [0, 0.1) is 6.92 Å². The highest BCUT2D eigenvalue weighted by Crippen LogP contribution is 2.21. The average molecular weight is 325 g/mol. The van der Waals surface area contributed by atoms with Crippen LogP contribution in [0.5, 0.6) is 0 Å². The summed E-state index contributed by atoms with van der Waals surface area (Å²) in [5.41, 5.74) is 0.316. The molecule has 122 valence electrons. The molecule has 1 aromatic heterocycles. The van der Waals surface area contributed by atoms with Gasteiger partial charge in [0.1, 0.15) is 5.60 Å². The third-order valence-electron chi connectivity index (χ3n) is 3.35. The van der Waals surface area contributed by atoms with Crippen molar-refractivity contribution >= 4 is 16.9 Å². The molecule has 1 amide bonds. The molecule has 1 aliphatic heterocycles. The van der Waals surface area contributed by atoms with Gasteiger partial charge in [-0.25, -0.2) is 14.8 Å². The van der Waals surface area contributed by atoms with Crippen molar-refractivity contribution in [3.05, 3.63) is 18.0 Å². The summed E-state index contributed by atoms with van der Waals surface area (Å²) in [5.74, 6) is 0. The van der Waals surface area contributed by atoms with E-state index in [-0.39, 0.29) is 11.3 Å². The molecule has 2 heterocycles. The molecule has 0 bridgehead atoms. The maximum Gasteiger partial charge on any atom is 0.410 e. The molecule has 1 saturated heterocycles. The highest BCUT2D eigenvalue weighted by molar-refractivity contribution is 7.85. The molecular formula is C15H23N3O3S. The first-order valence-corrected chi connectivity index (χ1v) is 8.66. The van der Waals surface area contributed by atoms with Crippen molar-refractivity contribution in [3.63, 3.8) is 0 Å². The van der Waals surface area contributed by atoms with Crippen LogP contribution in [-0.4, -0.2) is 49.1 Å². The molecule has 2 rings (SSSR count). The molecule has 0 aliphatic carbocycles. The standard InChI is InChI=1S/C15H23N3O3S/c1-11-5-8-16-13(17-11)22(20)12-6-9-18(10-7-12)14(19)21-15(2,3)4/h5,8,12H,6-7,9-10H2,1-4H3. The van der Waals surface area contributed by atoms with Crippen LogP contribution in [0.2, 0.25) is 0 Å². The summed E-state index contributed by atoms with van der Waals surface area (Å²) in [4.78, 5) is 22.0. The van der Waals surface area contributed by atoms with E-state index in [2.05, 4.69) is 9.97 Å². The van der Waals surface area contributed by atoms with E-state index in [1.54, 1.807) is 17.2 Å². The lowest BCUT2D eigenvalue weighted by Gasteiger charge is -2.32. The van der Waals surface area contributed by atoms with Crippen molar-refractivity contribution in [1.29, 1.82) is 0 Å². The summed E-state index contributed by atoms with van der Waals surface area (Å²) in [6.07, 6.45) is 2.67. The smallest absolute Gasteiger partial charge is 0.410 e. The van der Waals surface area contributed by atoms with Gasteiger partial charge in [-0.3, -0.25) is 4.21 Å². The molecule has 22 heavy (non-hydrogen) atoms. The summed E-state index contributed by atoms with van der Waals surface area (Å²) in [6, 6.07) is 1.78. The number of amides is 1. The van der Waals surface area contributed by atoms with Crippen molar-refractivity contribution in [2.45, 2.75) is 56.5 Å². The van der Waals surface area contributed by atoms with Gasteiger partial charge in [0.15, 0.2) is 0 Å². The highest BCUT2D eigenvalue weighted by atomic mass is 32.2. The van der Waals surface area contributed by atoms with Gasteiger partial charge in [-0.2, -0.15) is 0 Å². The van der Waals surface area contributed by atoms with E-state index in [0.717, 1.165) is 5.69 Å². The van der Waals surface area contributed by atoms with Gasteiger partial charge in [0.2, 0.25) is 5.16 Å². The van der Waals surface area contributed by atoms with Crippen LogP contribution < -0.4 is 0 Å². The maximum atomic E-state index is 12.5. The second-order valence-corrected chi connectivity index (χ2v) is 8.07. The Kier molecular flexibility index (Phi) is 5.16. The number of aryl methyl sites for hydroxylation is 1. The molecule has 0 radical (unpaired) electrons. The Labute approximate surface area is 133 Å². The lowest BCUT2D eigenvalue weighted by molar-refractivity contribution is 0.0218. The molecular weight excluding hydrogens is 302 g/mol. The van der Waals surface area contributed by atoms with Crippen LogP contribution in [0.15, 0.2) is 17.4 Å². The van der Waals surface area contributed by atoms with Gasteiger partial charge in [-0.15, -0.1) is 0 Å². The summed E-state index contributed by atoms with van der Waals surface area (Å²) in [7, 11) is -1.23. The van der Waals surface area contributed by atoms with Crippen molar-refractivity contribution < 1.29 is 13.7 Å². The molecule has 6 nitrogen and oxygen atoms in total. The van der Waals surface area contributed by atoms with Gasteiger partial charge < -0.3 is 9.64 Å². The average Bonchev–Trinajstić information content (AvgIpc) is 2.45. The SMILES string of the molecule is Cc1ccnc(S(=O)C2CCN(C(=O)OC(C)(C)C)CC2)n1. The second kappa shape index (κ2) is 6.73. The predicted molar refractivity (Wildman–Crippen MR) is 84.0 cm³/mol. The number of ether oxygens (including phenoxy) is 1. The first kappa shape index (κ1) is 16.9. The fourth-order valence-electron chi connectivity index (χ4n) is 2.25. The first-order valence-electron chi connectivity index (χ1n) is 7.44. The Morgan fingerprint density at radius 1 is 1.36 bits per heavy atom. The lowest BCUT2D eigenvalue weighted by Crippen LogP contribution is -2.43. The van der Waals surface area contributed by atoms with E-state index in [4.69, 9.17) is 4.74 Å². The predicted octanol–water partition coefficient (Wildman–Crippen LogP) is 2.29. The Morgan fingerprint density at radius 3 is 2.55 bits per heavy atom. The number of likely N-dealkylation sites (tertiary alicyclic amines) is 1. The molecule has 0 spiro atoms.